The lowest BCUT2D eigenvalue weighted by Gasteiger charge is -2.33. The Morgan fingerprint density at radius 1 is 1.25 bits per heavy atom. The van der Waals surface area contributed by atoms with Crippen LogP contribution in [0.3, 0.4) is 0 Å². The molecule has 0 aliphatic carbocycles. The SMILES string of the molecule is Cc1ccc(C2OCCCC2CNC(=O)C2CNCCO2)cc1.Cl. The zero-order chi connectivity index (χ0) is 16.1. The van der Waals surface area contributed by atoms with Crippen molar-refractivity contribution in [3.05, 3.63) is 35.4 Å². The van der Waals surface area contributed by atoms with Crippen molar-refractivity contribution in [2.75, 3.05) is 32.8 Å². The number of ether oxygens (including phenoxy) is 2. The summed E-state index contributed by atoms with van der Waals surface area (Å²) < 4.78 is 11.5. The number of halogens is 1. The van der Waals surface area contributed by atoms with Crippen molar-refractivity contribution in [2.45, 2.75) is 32.0 Å². The number of carbonyl (C=O) groups is 1. The minimum Gasteiger partial charge on any atom is -0.373 e. The van der Waals surface area contributed by atoms with E-state index < -0.39 is 0 Å². The highest BCUT2D eigenvalue weighted by Crippen LogP contribution is 2.33. The number of hydrogen-bond donors (Lipinski definition) is 2. The van der Waals surface area contributed by atoms with Gasteiger partial charge in [0.05, 0.1) is 12.7 Å². The molecular formula is C18H27ClN2O3. The Morgan fingerprint density at radius 3 is 2.75 bits per heavy atom. The quantitative estimate of drug-likeness (QED) is 0.868. The van der Waals surface area contributed by atoms with Gasteiger partial charge in [-0.3, -0.25) is 4.79 Å². The number of hydrogen-bond acceptors (Lipinski definition) is 4. The molecular weight excluding hydrogens is 328 g/mol. The van der Waals surface area contributed by atoms with Crippen molar-refractivity contribution in [3.63, 3.8) is 0 Å². The Balaban J connectivity index is 0.00000208. The van der Waals surface area contributed by atoms with Crippen molar-refractivity contribution in [1.82, 2.24) is 10.6 Å². The molecule has 0 aromatic heterocycles. The van der Waals surface area contributed by atoms with Gasteiger partial charge in [-0.05, 0) is 25.3 Å². The summed E-state index contributed by atoms with van der Waals surface area (Å²) in [4.78, 5) is 12.2. The predicted molar refractivity (Wildman–Crippen MR) is 95.5 cm³/mol. The average Bonchev–Trinajstić information content (AvgIpc) is 2.61. The molecule has 0 radical (unpaired) electrons. The van der Waals surface area contributed by atoms with Crippen molar-refractivity contribution in [3.8, 4) is 0 Å². The summed E-state index contributed by atoms with van der Waals surface area (Å²) in [6.45, 7) is 5.51. The Labute approximate surface area is 149 Å². The number of amides is 1. The molecule has 2 fully saturated rings. The zero-order valence-electron chi connectivity index (χ0n) is 14.1. The number of rotatable bonds is 4. The minimum atomic E-state index is -0.369. The lowest BCUT2D eigenvalue weighted by molar-refractivity contribution is -0.135. The largest absolute Gasteiger partial charge is 0.373 e. The lowest BCUT2D eigenvalue weighted by atomic mass is 9.89. The summed E-state index contributed by atoms with van der Waals surface area (Å²) in [5.74, 6) is 0.289. The Bertz CT molecular complexity index is 518. The molecule has 1 aromatic rings. The normalized spacial score (nSPS) is 27.1. The fourth-order valence-corrected chi connectivity index (χ4v) is 3.26. The van der Waals surface area contributed by atoms with Gasteiger partial charge in [0.2, 0.25) is 5.91 Å². The predicted octanol–water partition coefficient (Wildman–Crippen LogP) is 1.99. The smallest absolute Gasteiger partial charge is 0.250 e. The molecule has 2 N–H and O–H groups in total. The van der Waals surface area contributed by atoms with Crippen molar-refractivity contribution in [2.24, 2.45) is 5.92 Å². The molecule has 2 aliphatic heterocycles. The topological polar surface area (TPSA) is 59.6 Å². The van der Waals surface area contributed by atoms with Crippen LogP contribution in [0.5, 0.6) is 0 Å². The summed E-state index contributed by atoms with van der Waals surface area (Å²) in [7, 11) is 0. The van der Waals surface area contributed by atoms with Crippen LogP contribution in [0.4, 0.5) is 0 Å². The third-order valence-electron chi connectivity index (χ3n) is 4.61. The molecule has 2 aliphatic rings. The zero-order valence-corrected chi connectivity index (χ0v) is 14.9. The van der Waals surface area contributed by atoms with Crippen LogP contribution in [0, 0.1) is 12.8 Å². The molecule has 2 saturated heterocycles. The van der Waals surface area contributed by atoms with Crippen LogP contribution in [-0.2, 0) is 14.3 Å². The summed E-state index contributed by atoms with van der Waals surface area (Å²) in [5, 5.41) is 6.23. The molecule has 2 heterocycles. The molecule has 0 saturated carbocycles. The van der Waals surface area contributed by atoms with Gasteiger partial charge in [-0.2, -0.15) is 0 Å². The van der Waals surface area contributed by atoms with Crippen LogP contribution in [0.25, 0.3) is 0 Å². The monoisotopic (exact) mass is 354 g/mol. The molecule has 24 heavy (non-hydrogen) atoms. The molecule has 3 unspecified atom stereocenters. The molecule has 1 aromatic carbocycles. The van der Waals surface area contributed by atoms with E-state index in [-0.39, 0.29) is 30.5 Å². The third-order valence-corrected chi connectivity index (χ3v) is 4.61. The van der Waals surface area contributed by atoms with Gasteiger partial charge in [0.25, 0.3) is 0 Å². The number of nitrogens with one attached hydrogen (secondary N) is 2. The summed E-state index contributed by atoms with van der Waals surface area (Å²) in [6.07, 6.45) is 1.81. The van der Waals surface area contributed by atoms with Gasteiger partial charge < -0.3 is 20.1 Å². The first-order valence-corrected chi connectivity index (χ1v) is 8.52. The molecule has 6 heteroatoms. The Hall–Kier alpha value is -1.14. The molecule has 134 valence electrons. The summed E-state index contributed by atoms with van der Waals surface area (Å²) in [6, 6.07) is 8.50. The number of morpholine rings is 1. The van der Waals surface area contributed by atoms with E-state index in [9.17, 15) is 4.79 Å². The second kappa shape index (κ2) is 9.37. The highest BCUT2D eigenvalue weighted by atomic mass is 35.5. The van der Waals surface area contributed by atoms with E-state index in [2.05, 4.69) is 41.8 Å². The van der Waals surface area contributed by atoms with E-state index in [1.807, 2.05) is 0 Å². The van der Waals surface area contributed by atoms with Gasteiger partial charge in [-0.15, -0.1) is 12.4 Å². The van der Waals surface area contributed by atoms with Crippen LogP contribution < -0.4 is 10.6 Å². The fourth-order valence-electron chi connectivity index (χ4n) is 3.26. The van der Waals surface area contributed by atoms with Gasteiger partial charge in [0.1, 0.15) is 6.10 Å². The van der Waals surface area contributed by atoms with Gasteiger partial charge in [0.15, 0.2) is 0 Å². The second-order valence-corrected chi connectivity index (χ2v) is 6.41. The van der Waals surface area contributed by atoms with Crippen LogP contribution in [-0.4, -0.2) is 44.9 Å². The van der Waals surface area contributed by atoms with Gasteiger partial charge >= 0.3 is 0 Å². The molecule has 3 rings (SSSR count). The highest BCUT2D eigenvalue weighted by Gasteiger charge is 2.29. The van der Waals surface area contributed by atoms with Gasteiger partial charge in [-0.1, -0.05) is 29.8 Å². The molecule has 3 atom stereocenters. The van der Waals surface area contributed by atoms with Gasteiger partial charge in [0, 0.05) is 32.2 Å². The summed E-state index contributed by atoms with van der Waals surface area (Å²) >= 11 is 0. The maximum absolute atomic E-state index is 12.2. The molecule has 1 amide bonds. The Kier molecular flexibility index (Phi) is 7.49. The molecule has 0 spiro atoms. The number of aryl methyl sites for hydroxylation is 1. The Morgan fingerprint density at radius 2 is 2.04 bits per heavy atom. The first kappa shape index (κ1) is 19.2. The average molecular weight is 355 g/mol. The number of benzene rings is 1. The maximum Gasteiger partial charge on any atom is 0.250 e. The lowest BCUT2D eigenvalue weighted by Crippen LogP contribution is -2.49. The standard InChI is InChI=1S/C18H26N2O3.ClH/c1-13-4-6-14(7-5-13)17-15(3-2-9-23-17)11-20-18(21)16-12-19-8-10-22-16;/h4-7,15-17,19H,2-3,8-12H2,1H3,(H,20,21);1H. The van der Waals surface area contributed by atoms with E-state index in [1.165, 1.54) is 11.1 Å². The second-order valence-electron chi connectivity index (χ2n) is 6.41. The van der Waals surface area contributed by atoms with Crippen molar-refractivity contribution >= 4 is 18.3 Å². The van der Waals surface area contributed by atoms with Crippen LogP contribution >= 0.6 is 12.4 Å². The minimum absolute atomic E-state index is 0. The summed E-state index contributed by atoms with van der Waals surface area (Å²) in [5.41, 5.74) is 2.45. The highest BCUT2D eigenvalue weighted by molar-refractivity contribution is 5.85. The van der Waals surface area contributed by atoms with E-state index in [4.69, 9.17) is 9.47 Å². The first-order valence-electron chi connectivity index (χ1n) is 8.52. The van der Waals surface area contributed by atoms with Crippen molar-refractivity contribution in [1.29, 1.82) is 0 Å². The van der Waals surface area contributed by atoms with Crippen molar-refractivity contribution < 1.29 is 14.3 Å². The molecule has 5 nitrogen and oxygen atoms in total. The van der Waals surface area contributed by atoms with E-state index in [0.717, 1.165) is 26.0 Å². The fraction of sp³-hybridized carbons (Fsp3) is 0.611. The van der Waals surface area contributed by atoms with Gasteiger partial charge in [-0.25, -0.2) is 0 Å². The van der Waals surface area contributed by atoms with Crippen LogP contribution in [0.1, 0.15) is 30.1 Å². The van der Waals surface area contributed by atoms with E-state index >= 15 is 0 Å². The van der Waals surface area contributed by atoms with Crippen LogP contribution in [0.2, 0.25) is 0 Å². The third kappa shape index (κ3) is 4.93. The number of carbonyl (C=O) groups excluding carboxylic acids is 1. The van der Waals surface area contributed by atoms with E-state index in [1.54, 1.807) is 0 Å². The van der Waals surface area contributed by atoms with E-state index in [0.29, 0.717) is 25.6 Å². The molecule has 0 bridgehead atoms. The first-order chi connectivity index (χ1) is 11.2. The maximum atomic E-state index is 12.2. The van der Waals surface area contributed by atoms with Crippen LogP contribution in [0.15, 0.2) is 24.3 Å².